The number of aryl methyl sites for hydroxylation is 1. The molecule has 0 radical (unpaired) electrons. The minimum absolute atomic E-state index is 0.322. The van der Waals surface area contributed by atoms with Gasteiger partial charge in [-0.25, -0.2) is 0 Å². The van der Waals surface area contributed by atoms with E-state index in [1.54, 1.807) is 24.3 Å². The Labute approximate surface area is 96.4 Å². The van der Waals surface area contributed by atoms with Gasteiger partial charge in [0.1, 0.15) is 5.75 Å². The first-order valence-electron chi connectivity index (χ1n) is 5.30. The predicted molar refractivity (Wildman–Crippen MR) is 68.3 cm³/mol. The number of benzene rings is 2. The smallest absolute Gasteiger partial charge is 0.115 e. The van der Waals surface area contributed by atoms with Crippen LogP contribution in [0.5, 0.6) is 5.75 Å². The van der Waals surface area contributed by atoms with Crippen molar-refractivity contribution in [3.8, 4) is 5.75 Å². The summed E-state index contributed by atoms with van der Waals surface area (Å²) in [6, 6.07) is 16.7. The first-order valence-corrected chi connectivity index (χ1v) is 5.30. The van der Waals surface area contributed by atoms with E-state index in [9.17, 15) is 0 Å². The molecule has 16 heavy (non-hydrogen) atoms. The van der Waals surface area contributed by atoms with Crippen LogP contribution in [0.1, 0.15) is 12.5 Å². The molecule has 2 aromatic rings. The van der Waals surface area contributed by atoms with Gasteiger partial charge < -0.3 is 10.8 Å². The molecule has 2 aromatic carbocycles. The number of hydrogen-bond donors (Lipinski definition) is 2. The summed E-state index contributed by atoms with van der Waals surface area (Å²) in [7, 11) is 0. The largest absolute Gasteiger partial charge is 0.508 e. The summed E-state index contributed by atoms with van der Waals surface area (Å²) in [5, 5.41) is 8.63. The van der Waals surface area contributed by atoms with Crippen LogP contribution in [0.25, 0.3) is 0 Å². The van der Waals surface area contributed by atoms with Crippen LogP contribution in [0.2, 0.25) is 0 Å². The Hall–Kier alpha value is -1.96. The number of nitrogens with two attached hydrogens (primary N) is 1. The molecule has 0 aliphatic rings. The molecule has 0 atom stereocenters. The highest BCUT2D eigenvalue weighted by Gasteiger charge is 1.85. The van der Waals surface area contributed by atoms with Crippen molar-refractivity contribution in [3.05, 3.63) is 60.2 Å². The topological polar surface area (TPSA) is 46.2 Å². The zero-order valence-corrected chi connectivity index (χ0v) is 9.43. The van der Waals surface area contributed by atoms with Crippen LogP contribution >= 0.6 is 0 Å². The molecule has 2 heteroatoms. The summed E-state index contributed by atoms with van der Waals surface area (Å²) in [5.74, 6) is 0.322. The Kier molecular flexibility index (Phi) is 4.93. The molecule has 0 unspecified atom stereocenters. The van der Waals surface area contributed by atoms with Crippen molar-refractivity contribution in [1.29, 1.82) is 0 Å². The summed E-state index contributed by atoms with van der Waals surface area (Å²) in [4.78, 5) is 0. The van der Waals surface area contributed by atoms with E-state index in [-0.39, 0.29) is 0 Å². The first-order chi connectivity index (χ1) is 7.72. The lowest BCUT2D eigenvalue weighted by molar-refractivity contribution is 0.475. The van der Waals surface area contributed by atoms with E-state index in [4.69, 9.17) is 10.8 Å². The monoisotopic (exact) mass is 215 g/mol. The maximum Gasteiger partial charge on any atom is 0.115 e. The normalized spacial score (nSPS) is 9.06. The third-order valence-electron chi connectivity index (χ3n) is 2.14. The molecule has 0 aromatic heterocycles. The van der Waals surface area contributed by atoms with Crippen LogP contribution < -0.4 is 5.73 Å². The third-order valence-corrected chi connectivity index (χ3v) is 2.14. The van der Waals surface area contributed by atoms with Gasteiger partial charge in [0.2, 0.25) is 0 Å². The molecule has 0 heterocycles. The van der Waals surface area contributed by atoms with Crippen molar-refractivity contribution in [2.75, 3.05) is 5.73 Å². The Morgan fingerprint density at radius 1 is 0.938 bits per heavy atom. The van der Waals surface area contributed by atoms with Gasteiger partial charge in [0.25, 0.3) is 0 Å². The second kappa shape index (κ2) is 6.51. The maximum atomic E-state index is 8.63. The Morgan fingerprint density at radius 2 is 1.50 bits per heavy atom. The van der Waals surface area contributed by atoms with Gasteiger partial charge in [0.15, 0.2) is 0 Å². The Balaban J connectivity index is 0.000000165. The SMILES string of the molecule is CCc1ccc(N)cc1.Oc1ccccc1. The zero-order chi connectivity index (χ0) is 11.8. The molecule has 0 spiro atoms. The molecule has 0 saturated heterocycles. The van der Waals surface area contributed by atoms with E-state index < -0.39 is 0 Å². The molecular weight excluding hydrogens is 198 g/mol. The summed E-state index contributed by atoms with van der Waals surface area (Å²) in [6.07, 6.45) is 1.08. The fourth-order valence-electron chi connectivity index (χ4n) is 1.18. The van der Waals surface area contributed by atoms with E-state index >= 15 is 0 Å². The van der Waals surface area contributed by atoms with Gasteiger partial charge in [-0.05, 0) is 36.2 Å². The standard InChI is InChI=1S/C8H11N.C6H6O/c1-2-7-3-5-8(9)6-4-7;7-6-4-2-1-3-5-6/h3-6H,2,9H2,1H3;1-5,7H. The molecule has 2 nitrogen and oxygen atoms in total. The highest BCUT2D eigenvalue weighted by Crippen LogP contribution is 2.04. The quantitative estimate of drug-likeness (QED) is 0.717. The molecular formula is C14H17NO. The number of rotatable bonds is 1. The van der Waals surface area contributed by atoms with Crippen LogP contribution in [0.15, 0.2) is 54.6 Å². The van der Waals surface area contributed by atoms with Crippen molar-refractivity contribution in [2.45, 2.75) is 13.3 Å². The number of phenols is 1. The van der Waals surface area contributed by atoms with Crippen molar-refractivity contribution >= 4 is 5.69 Å². The van der Waals surface area contributed by atoms with Crippen LogP contribution in [-0.4, -0.2) is 5.11 Å². The highest BCUT2D eigenvalue weighted by atomic mass is 16.3. The van der Waals surface area contributed by atoms with E-state index in [0.29, 0.717) is 5.75 Å². The van der Waals surface area contributed by atoms with Gasteiger partial charge in [-0.1, -0.05) is 37.3 Å². The van der Waals surface area contributed by atoms with E-state index in [1.165, 1.54) is 5.56 Å². The lowest BCUT2D eigenvalue weighted by Crippen LogP contribution is -1.84. The summed E-state index contributed by atoms with van der Waals surface area (Å²) < 4.78 is 0. The molecule has 3 N–H and O–H groups in total. The van der Waals surface area contributed by atoms with E-state index in [1.807, 2.05) is 18.2 Å². The second-order valence-corrected chi connectivity index (χ2v) is 3.43. The number of phenolic OH excluding ortho intramolecular Hbond substituents is 1. The second-order valence-electron chi connectivity index (χ2n) is 3.43. The molecule has 0 aliphatic heterocycles. The molecule has 0 fully saturated rings. The van der Waals surface area contributed by atoms with Gasteiger partial charge in [-0.2, -0.15) is 0 Å². The predicted octanol–water partition coefficient (Wildman–Crippen LogP) is 3.22. The summed E-state index contributed by atoms with van der Waals surface area (Å²) in [5.41, 5.74) is 7.66. The first kappa shape index (κ1) is 12.1. The third kappa shape index (κ3) is 4.51. The minimum atomic E-state index is 0.322. The maximum absolute atomic E-state index is 8.63. The fraction of sp³-hybridized carbons (Fsp3) is 0.143. The average molecular weight is 215 g/mol. The van der Waals surface area contributed by atoms with Crippen LogP contribution in [-0.2, 0) is 6.42 Å². The van der Waals surface area contributed by atoms with Gasteiger partial charge in [0, 0.05) is 5.69 Å². The molecule has 0 aliphatic carbocycles. The summed E-state index contributed by atoms with van der Waals surface area (Å²) in [6.45, 7) is 2.13. The van der Waals surface area contributed by atoms with Crippen LogP contribution in [0.3, 0.4) is 0 Å². The number of aromatic hydroxyl groups is 1. The summed E-state index contributed by atoms with van der Waals surface area (Å²) >= 11 is 0. The Morgan fingerprint density at radius 3 is 1.88 bits per heavy atom. The average Bonchev–Trinajstić information content (AvgIpc) is 2.32. The van der Waals surface area contributed by atoms with Crippen molar-refractivity contribution < 1.29 is 5.11 Å². The lowest BCUT2D eigenvalue weighted by Gasteiger charge is -1.94. The van der Waals surface area contributed by atoms with Gasteiger partial charge in [0.05, 0.1) is 0 Å². The van der Waals surface area contributed by atoms with Crippen molar-refractivity contribution in [3.63, 3.8) is 0 Å². The number of hydrogen-bond acceptors (Lipinski definition) is 2. The van der Waals surface area contributed by atoms with Crippen molar-refractivity contribution in [1.82, 2.24) is 0 Å². The number of para-hydroxylation sites is 1. The van der Waals surface area contributed by atoms with Crippen molar-refractivity contribution in [2.24, 2.45) is 0 Å². The molecule has 84 valence electrons. The van der Waals surface area contributed by atoms with Gasteiger partial charge in [-0.3, -0.25) is 0 Å². The number of anilines is 1. The van der Waals surface area contributed by atoms with E-state index in [2.05, 4.69) is 19.1 Å². The number of nitrogen functional groups attached to an aromatic ring is 1. The Bertz CT molecular complexity index is 395. The van der Waals surface area contributed by atoms with Crippen LogP contribution in [0, 0.1) is 0 Å². The molecule has 0 amide bonds. The molecule has 0 bridgehead atoms. The van der Waals surface area contributed by atoms with Gasteiger partial charge >= 0.3 is 0 Å². The van der Waals surface area contributed by atoms with Crippen LogP contribution in [0.4, 0.5) is 5.69 Å². The molecule has 2 rings (SSSR count). The molecule has 0 saturated carbocycles. The fourth-order valence-corrected chi connectivity index (χ4v) is 1.18. The highest BCUT2D eigenvalue weighted by molar-refractivity contribution is 5.39. The lowest BCUT2D eigenvalue weighted by atomic mass is 10.2. The van der Waals surface area contributed by atoms with E-state index in [0.717, 1.165) is 12.1 Å². The van der Waals surface area contributed by atoms with Gasteiger partial charge in [-0.15, -0.1) is 0 Å². The zero-order valence-electron chi connectivity index (χ0n) is 9.43. The minimum Gasteiger partial charge on any atom is -0.508 e.